The van der Waals surface area contributed by atoms with Gasteiger partial charge >= 0.3 is 0 Å². The van der Waals surface area contributed by atoms with E-state index < -0.39 is 9.84 Å². The maximum Gasteiger partial charge on any atom is 0.167 e. The molecule has 1 saturated carbocycles. The second-order valence-corrected chi connectivity index (χ2v) is 7.64. The molecular formula is C14H19NO3S. The first kappa shape index (κ1) is 14.2. The number of rotatable bonds is 3. The van der Waals surface area contributed by atoms with E-state index in [4.69, 9.17) is 0 Å². The number of pyridine rings is 1. The Morgan fingerprint density at radius 1 is 1.37 bits per heavy atom. The van der Waals surface area contributed by atoms with Gasteiger partial charge < -0.3 is 0 Å². The number of hydrogen-bond donors (Lipinski definition) is 0. The Bertz CT molecular complexity index is 580. The molecule has 0 radical (unpaired) electrons. The van der Waals surface area contributed by atoms with Crippen molar-refractivity contribution in [3.63, 3.8) is 0 Å². The van der Waals surface area contributed by atoms with Crippen molar-refractivity contribution in [2.45, 2.75) is 37.9 Å². The fourth-order valence-electron chi connectivity index (χ4n) is 2.74. The fourth-order valence-corrected chi connectivity index (χ4v) is 3.91. The zero-order valence-electron chi connectivity index (χ0n) is 11.3. The van der Waals surface area contributed by atoms with Crippen LogP contribution >= 0.6 is 0 Å². The molecule has 1 aliphatic rings. The van der Waals surface area contributed by atoms with Crippen molar-refractivity contribution in [3.8, 4) is 0 Å². The molecule has 1 aliphatic carbocycles. The van der Waals surface area contributed by atoms with Gasteiger partial charge in [-0.15, -0.1) is 0 Å². The van der Waals surface area contributed by atoms with Crippen LogP contribution in [0.25, 0.3) is 0 Å². The molecular weight excluding hydrogens is 262 g/mol. The quantitative estimate of drug-likeness (QED) is 0.797. The van der Waals surface area contributed by atoms with Crippen LogP contribution in [0.1, 0.15) is 41.7 Å². The van der Waals surface area contributed by atoms with Crippen molar-refractivity contribution in [3.05, 3.63) is 29.6 Å². The molecule has 0 aliphatic heterocycles. The second kappa shape index (κ2) is 5.41. The summed E-state index contributed by atoms with van der Waals surface area (Å²) in [6.07, 6.45) is 5.62. The van der Waals surface area contributed by atoms with Crippen molar-refractivity contribution in [1.29, 1.82) is 0 Å². The van der Waals surface area contributed by atoms with Crippen LogP contribution in [0.5, 0.6) is 0 Å². The van der Waals surface area contributed by atoms with Gasteiger partial charge in [0.1, 0.15) is 9.84 Å². The van der Waals surface area contributed by atoms with E-state index >= 15 is 0 Å². The predicted octanol–water partition coefficient (Wildman–Crippen LogP) is 2.18. The zero-order chi connectivity index (χ0) is 14.0. The molecule has 1 aromatic heterocycles. The van der Waals surface area contributed by atoms with E-state index in [-0.39, 0.29) is 17.0 Å². The van der Waals surface area contributed by atoms with Gasteiger partial charge in [-0.2, -0.15) is 0 Å². The summed E-state index contributed by atoms with van der Waals surface area (Å²) in [6, 6.07) is 3.52. The molecule has 0 amide bonds. The van der Waals surface area contributed by atoms with E-state index in [2.05, 4.69) is 4.98 Å². The van der Waals surface area contributed by atoms with E-state index in [0.717, 1.165) is 12.8 Å². The van der Waals surface area contributed by atoms with Crippen molar-refractivity contribution in [1.82, 2.24) is 4.98 Å². The highest BCUT2D eigenvalue weighted by Gasteiger charge is 2.33. The van der Waals surface area contributed by atoms with Crippen LogP contribution in [0.3, 0.4) is 0 Å². The minimum Gasteiger partial charge on any atom is -0.294 e. The molecule has 5 heteroatoms. The number of aryl methyl sites for hydroxylation is 1. The van der Waals surface area contributed by atoms with E-state index in [9.17, 15) is 13.2 Å². The molecule has 1 fully saturated rings. The van der Waals surface area contributed by atoms with Gasteiger partial charge in [0.05, 0.1) is 5.25 Å². The van der Waals surface area contributed by atoms with Gasteiger partial charge in [-0.05, 0) is 38.3 Å². The fraction of sp³-hybridized carbons (Fsp3) is 0.571. The highest BCUT2D eigenvalue weighted by atomic mass is 32.2. The number of hydrogen-bond acceptors (Lipinski definition) is 4. The number of aromatic nitrogens is 1. The summed E-state index contributed by atoms with van der Waals surface area (Å²) in [7, 11) is -3.05. The van der Waals surface area contributed by atoms with E-state index in [1.54, 1.807) is 18.3 Å². The minimum atomic E-state index is -3.05. The van der Waals surface area contributed by atoms with E-state index in [1.165, 1.54) is 6.26 Å². The molecule has 2 atom stereocenters. The molecule has 4 nitrogen and oxygen atoms in total. The molecule has 2 unspecified atom stereocenters. The maximum absolute atomic E-state index is 12.5. The highest BCUT2D eigenvalue weighted by Crippen LogP contribution is 2.31. The lowest BCUT2D eigenvalue weighted by atomic mass is 9.83. The SMILES string of the molecule is Cc1ncccc1C(=O)C1CCCC(S(C)(=O)=O)C1. The number of ketones is 1. The van der Waals surface area contributed by atoms with Gasteiger partial charge in [-0.1, -0.05) is 6.42 Å². The first-order valence-electron chi connectivity index (χ1n) is 6.54. The normalized spacial score (nSPS) is 24.1. The monoisotopic (exact) mass is 281 g/mol. The smallest absolute Gasteiger partial charge is 0.167 e. The van der Waals surface area contributed by atoms with Crippen molar-refractivity contribution >= 4 is 15.6 Å². The summed E-state index contributed by atoms with van der Waals surface area (Å²) in [5.74, 6) is -0.143. The maximum atomic E-state index is 12.5. The van der Waals surface area contributed by atoms with Crippen LogP contribution in [-0.4, -0.2) is 30.7 Å². The van der Waals surface area contributed by atoms with Crippen LogP contribution in [0.15, 0.2) is 18.3 Å². The lowest BCUT2D eigenvalue weighted by Crippen LogP contribution is -2.31. The summed E-state index contributed by atoms with van der Waals surface area (Å²) < 4.78 is 23.3. The van der Waals surface area contributed by atoms with Crippen molar-refractivity contribution in [2.24, 2.45) is 5.92 Å². The molecule has 0 bridgehead atoms. The minimum absolute atomic E-state index is 0.0407. The van der Waals surface area contributed by atoms with Gasteiger partial charge in [0.2, 0.25) is 0 Å². The molecule has 0 saturated heterocycles. The summed E-state index contributed by atoms with van der Waals surface area (Å²) in [5, 5.41) is -0.368. The molecule has 0 spiro atoms. The summed E-state index contributed by atoms with van der Waals surface area (Å²) in [6.45, 7) is 1.81. The Kier molecular flexibility index (Phi) is 4.04. The summed E-state index contributed by atoms with van der Waals surface area (Å²) in [5.41, 5.74) is 1.34. The number of carbonyl (C=O) groups is 1. The van der Waals surface area contributed by atoms with Gasteiger partial charge in [0.25, 0.3) is 0 Å². The largest absolute Gasteiger partial charge is 0.294 e. The molecule has 104 valence electrons. The molecule has 0 N–H and O–H groups in total. The predicted molar refractivity (Wildman–Crippen MR) is 73.9 cm³/mol. The number of Topliss-reactive ketones (excluding diaryl/α,β-unsaturated/α-hetero) is 1. The lowest BCUT2D eigenvalue weighted by molar-refractivity contribution is 0.0890. The van der Waals surface area contributed by atoms with Crippen LogP contribution in [-0.2, 0) is 9.84 Å². The first-order valence-corrected chi connectivity index (χ1v) is 8.49. The van der Waals surface area contributed by atoms with Crippen LogP contribution in [0.4, 0.5) is 0 Å². The molecule has 1 heterocycles. The Labute approximate surface area is 114 Å². The Hall–Kier alpha value is -1.23. The van der Waals surface area contributed by atoms with Crippen molar-refractivity contribution in [2.75, 3.05) is 6.26 Å². The first-order chi connectivity index (χ1) is 8.89. The molecule has 2 rings (SSSR count). The summed E-state index contributed by atoms with van der Waals surface area (Å²) in [4.78, 5) is 16.6. The number of nitrogens with zero attached hydrogens (tertiary/aromatic N) is 1. The summed E-state index contributed by atoms with van der Waals surface area (Å²) >= 11 is 0. The third-order valence-corrected chi connectivity index (χ3v) is 5.51. The average Bonchev–Trinajstić information content (AvgIpc) is 2.38. The van der Waals surface area contributed by atoms with Gasteiger partial charge in [0, 0.05) is 29.6 Å². The molecule has 19 heavy (non-hydrogen) atoms. The third-order valence-electron chi connectivity index (χ3n) is 3.87. The Morgan fingerprint density at radius 3 is 2.74 bits per heavy atom. The van der Waals surface area contributed by atoms with Crippen LogP contribution < -0.4 is 0 Å². The van der Waals surface area contributed by atoms with Crippen molar-refractivity contribution < 1.29 is 13.2 Å². The second-order valence-electron chi connectivity index (χ2n) is 5.32. The molecule has 0 aromatic carbocycles. The number of sulfone groups is 1. The van der Waals surface area contributed by atoms with E-state index in [1.807, 2.05) is 6.92 Å². The van der Waals surface area contributed by atoms with Crippen LogP contribution in [0, 0.1) is 12.8 Å². The number of carbonyl (C=O) groups excluding carboxylic acids is 1. The standard InChI is InChI=1S/C14H19NO3S/c1-10-13(7-4-8-15-10)14(16)11-5-3-6-12(9-11)19(2,17)18/h4,7-8,11-12H,3,5-6,9H2,1-2H3. The Balaban J connectivity index is 2.19. The van der Waals surface area contributed by atoms with E-state index in [0.29, 0.717) is 24.1 Å². The van der Waals surface area contributed by atoms with Gasteiger partial charge in [-0.3, -0.25) is 9.78 Å². The topological polar surface area (TPSA) is 64.1 Å². The lowest BCUT2D eigenvalue weighted by Gasteiger charge is -2.27. The molecule has 1 aromatic rings. The van der Waals surface area contributed by atoms with Crippen LogP contribution in [0.2, 0.25) is 0 Å². The van der Waals surface area contributed by atoms with Gasteiger partial charge in [0.15, 0.2) is 5.78 Å². The zero-order valence-corrected chi connectivity index (χ0v) is 12.1. The highest BCUT2D eigenvalue weighted by molar-refractivity contribution is 7.91. The van der Waals surface area contributed by atoms with Gasteiger partial charge in [-0.25, -0.2) is 8.42 Å². The third kappa shape index (κ3) is 3.21. The average molecular weight is 281 g/mol. The Morgan fingerprint density at radius 2 is 2.11 bits per heavy atom.